The Morgan fingerprint density at radius 3 is 2.79 bits per heavy atom. The Labute approximate surface area is 145 Å². The molecule has 4 atom stereocenters. The minimum Gasteiger partial charge on any atom is -0.387 e. The molecule has 24 heavy (non-hydrogen) atoms. The smallest absolute Gasteiger partial charge is 0.269 e. The first-order chi connectivity index (χ1) is 11.7. The van der Waals surface area contributed by atoms with Crippen LogP contribution in [0.3, 0.4) is 0 Å². The highest BCUT2D eigenvalue weighted by atomic mass is 32.2. The molecule has 2 aliphatic rings. The van der Waals surface area contributed by atoms with Gasteiger partial charge in [0.1, 0.15) is 5.71 Å². The van der Waals surface area contributed by atoms with Gasteiger partial charge in [0, 0.05) is 29.0 Å². The average Bonchev–Trinajstić information content (AvgIpc) is 3.12. The minimum atomic E-state index is -0.884. The molecule has 1 N–H and O–H groups in total. The Morgan fingerprint density at radius 1 is 1.29 bits per heavy atom. The average molecular weight is 348 g/mol. The minimum absolute atomic E-state index is 0.0227. The topological polar surface area (TPSA) is 67.8 Å². The van der Waals surface area contributed by atoms with Crippen LogP contribution in [0.5, 0.6) is 0 Å². The van der Waals surface area contributed by atoms with Crippen molar-refractivity contribution in [2.24, 2.45) is 5.16 Å². The van der Waals surface area contributed by atoms with E-state index in [1.807, 2.05) is 37.3 Å². The maximum Gasteiger partial charge on any atom is 0.269 e. The largest absolute Gasteiger partial charge is 0.387 e. The van der Waals surface area contributed by atoms with E-state index < -0.39 is 10.8 Å². The van der Waals surface area contributed by atoms with Crippen LogP contribution in [0.15, 0.2) is 35.5 Å². The Balaban J connectivity index is 1.60. The lowest BCUT2D eigenvalue weighted by atomic mass is 9.94. The zero-order valence-corrected chi connectivity index (χ0v) is 14.8. The van der Waals surface area contributed by atoms with Crippen molar-refractivity contribution in [3.8, 4) is 0 Å². The summed E-state index contributed by atoms with van der Waals surface area (Å²) in [6.45, 7) is 1.93. The molecule has 0 aromatic heterocycles. The zero-order valence-electron chi connectivity index (χ0n) is 13.9. The van der Waals surface area contributed by atoms with Crippen LogP contribution in [-0.4, -0.2) is 32.9 Å². The summed E-state index contributed by atoms with van der Waals surface area (Å²) in [5, 5.41) is 7.09. The van der Waals surface area contributed by atoms with E-state index in [4.69, 9.17) is 4.84 Å². The van der Waals surface area contributed by atoms with Crippen LogP contribution in [0, 0.1) is 0 Å². The molecule has 5 nitrogen and oxygen atoms in total. The van der Waals surface area contributed by atoms with Crippen LogP contribution in [0.1, 0.15) is 50.7 Å². The lowest BCUT2D eigenvalue weighted by Crippen LogP contribution is -2.49. The van der Waals surface area contributed by atoms with Crippen molar-refractivity contribution < 1.29 is 13.8 Å². The number of amides is 1. The quantitative estimate of drug-likeness (QED) is 0.889. The second kappa shape index (κ2) is 7.92. The van der Waals surface area contributed by atoms with Gasteiger partial charge < -0.3 is 10.2 Å². The van der Waals surface area contributed by atoms with Gasteiger partial charge in [-0.05, 0) is 18.4 Å². The van der Waals surface area contributed by atoms with E-state index in [0.29, 0.717) is 17.9 Å². The molecule has 1 amide bonds. The third-order valence-corrected chi connectivity index (χ3v) is 6.55. The third kappa shape index (κ3) is 3.86. The van der Waals surface area contributed by atoms with Gasteiger partial charge in [-0.2, -0.15) is 0 Å². The second-order valence-corrected chi connectivity index (χ2v) is 8.26. The maximum absolute atomic E-state index is 12.5. The first kappa shape index (κ1) is 17.1. The van der Waals surface area contributed by atoms with Crippen molar-refractivity contribution in [2.45, 2.75) is 56.4 Å². The highest BCUT2D eigenvalue weighted by molar-refractivity contribution is 7.85. The summed E-state index contributed by atoms with van der Waals surface area (Å²) in [7, 11) is -0.884. The van der Waals surface area contributed by atoms with Gasteiger partial charge in [0.2, 0.25) is 0 Å². The van der Waals surface area contributed by atoms with Gasteiger partial charge in [-0.3, -0.25) is 9.00 Å². The molecule has 1 saturated carbocycles. The fraction of sp³-hybridized carbons (Fsp3) is 0.556. The number of hydrogen-bond acceptors (Lipinski definition) is 4. The molecule has 1 fully saturated rings. The summed E-state index contributed by atoms with van der Waals surface area (Å²) in [6, 6.07) is 9.77. The van der Waals surface area contributed by atoms with E-state index in [9.17, 15) is 9.00 Å². The van der Waals surface area contributed by atoms with Gasteiger partial charge >= 0.3 is 0 Å². The molecular weight excluding hydrogens is 324 g/mol. The number of benzene rings is 1. The molecule has 1 aromatic carbocycles. The first-order valence-electron chi connectivity index (χ1n) is 8.64. The normalized spacial score (nSPS) is 27.9. The summed E-state index contributed by atoms with van der Waals surface area (Å²) < 4.78 is 12.2. The number of carbonyl (C=O) groups is 1. The van der Waals surface area contributed by atoms with Gasteiger partial charge in [0.25, 0.3) is 5.91 Å². The molecule has 0 radical (unpaired) electrons. The molecule has 130 valence electrons. The summed E-state index contributed by atoms with van der Waals surface area (Å²) in [5.41, 5.74) is 1.45. The number of nitrogens with one attached hydrogen (secondary N) is 1. The van der Waals surface area contributed by atoms with E-state index in [1.54, 1.807) is 0 Å². The Hall–Kier alpha value is -1.69. The molecule has 1 aliphatic carbocycles. The fourth-order valence-corrected chi connectivity index (χ4v) is 4.83. The lowest BCUT2D eigenvalue weighted by Gasteiger charge is -2.31. The summed E-state index contributed by atoms with van der Waals surface area (Å²) in [6.07, 6.45) is 4.24. The number of rotatable bonds is 5. The molecule has 1 heterocycles. The van der Waals surface area contributed by atoms with Gasteiger partial charge in [0.05, 0.1) is 5.25 Å². The van der Waals surface area contributed by atoms with Crippen molar-refractivity contribution in [1.29, 1.82) is 0 Å². The molecule has 3 rings (SSSR count). The molecule has 0 bridgehead atoms. The Kier molecular flexibility index (Phi) is 5.66. The van der Waals surface area contributed by atoms with Gasteiger partial charge in [-0.25, -0.2) is 0 Å². The number of nitrogens with zero attached hydrogens (tertiary/aromatic N) is 1. The third-order valence-electron chi connectivity index (χ3n) is 4.74. The van der Waals surface area contributed by atoms with Crippen LogP contribution in [0.2, 0.25) is 0 Å². The molecule has 1 aliphatic heterocycles. The van der Waals surface area contributed by atoms with Gasteiger partial charge in [0.15, 0.2) is 6.10 Å². The number of hydrogen-bond donors (Lipinski definition) is 1. The van der Waals surface area contributed by atoms with Crippen LogP contribution < -0.4 is 5.32 Å². The molecule has 0 unspecified atom stereocenters. The second-order valence-electron chi connectivity index (χ2n) is 6.32. The zero-order chi connectivity index (χ0) is 16.9. The van der Waals surface area contributed by atoms with Crippen molar-refractivity contribution in [3.05, 3.63) is 35.9 Å². The van der Waals surface area contributed by atoms with E-state index in [1.165, 1.54) is 0 Å². The van der Waals surface area contributed by atoms with E-state index in [2.05, 4.69) is 10.5 Å². The molecule has 1 aromatic rings. The number of oxime groups is 1. The van der Waals surface area contributed by atoms with Crippen molar-refractivity contribution in [2.75, 3.05) is 5.75 Å². The number of carbonyl (C=O) groups excluding carboxylic acids is 1. The Bertz CT molecular complexity index is 632. The van der Waals surface area contributed by atoms with E-state index >= 15 is 0 Å². The predicted octanol–water partition coefficient (Wildman–Crippen LogP) is 2.70. The van der Waals surface area contributed by atoms with Gasteiger partial charge in [-0.1, -0.05) is 55.3 Å². The SMILES string of the molecule is CC[S@](=O)[C@@H]1CCCC[C@@H]1NC(=O)C1=NO[C@@H](c2ccccc2)C1. The standard InChI is InChI=1S/C18H24N2O3S/c1-2-24(22)17-11-7-6-10-14(17)19-18(21)15-12-16(23-20-15)13-8-4-3-5-9-13/h3-5,8-9,14,16-17H,2,6-7,10-12H2,1H3,(H,19,21)/t14-,16+,17+,24-/m0/s1. The van der Waals surface area contributed by atoms with Crippen LogP contribution in [-0.2, 0) is 20.4 Å². The molecular formula is C18H24N2O3S. The highest BCUT2D eigenvalue weighted by Crippen LogP contribution is 2.28. The van der Waals surface area contributed by atoms with Crippen LogP contribution in [0.25, 0.3) is 0 Å². The molecule has 0 spiro atoms. The predicted molar refractivity (Wildman–Crippen MR) is 95.2 cm³/mol. The molecule has 6 heteroatoms. The van der Waals surface area contributed by atoms with Gasteiger partial charge in [-0.15, -0.1) is 0 Å². The lowest BCUT2D eigenvalue weighted by molar-refractivity contribution is -0.115. The molecule has 0 saturated heterocycles. The summed E-state index contributed by atoms with van der Waals surface area (Å²) in [5.74, 6) is 0.454. The van der Waals surface area contributed by atoms with Crippen molar-refractivity contribution in [1.82, 2.24) is 5.32 Å². The maximum atomic E-state index is 12.5. The highest BCUT2D eigenvalue weighted by Gasteiger charge is 2.33. The van der Waals surface area contributed by atoms with Crippen molar-refractivity contribution in [3.63, 3.8) is 0 Å². The fourth-order valence-electron chi connectivity index (χ4n) is 3.40. The monoisotopic (exact) mass is 348 g/mol. The first-order valence-corrected chi connectivity index (χ1v) is 10.0. The Morgan fingerprint density at radius 2 is 2.04 bits per heavy atom. The van der Waals surface area contributed by atoms with E-state index in [0.717, 1.165) is 31.2 Å². The van der Waals surface area contributed by atoms with Crippen molar-refractivity contribution >= 4 is 22.4 Å². The van der Waals surface area contributed by atoms with E-state index in [-0.39, 0.29) is 23.3 Å². The summed E-state index contributed by atoms with van der Waals surface area (Å²) >= 11 is 0. The summed E-state index contributed by atoms with van der Waals surface area (Å²) in [4.78, 5) is 18.0. The van der Waals surface area contributed by atoms with Crippen LogP contribution in [0.4, 0.5) is 0 Å². The van der Waals surface area contributed by atoms with Crippen LogP contribution >= 0.6 is 0 Å².